The molecule has 0 unspecified atom stereocenters. The van der Waals surface area contributed by atoms with Crippen LogP contribution in [0.2, 0.25) is 0 Å². The predicted octanol–water partition coefficient (Wildman–Crippen LogP) is 0.870. The van der Waals surface area contributed by atoms with E-state index in [1.54, 1.807) is 6.21 Å². The first-order chi connectivity index (χ1) is 6.36. The van der Waals surface area contributed by atoms with Crippen LogP contribution in [0.3, 0.4) is 0 Å². The molecule has 0 aliphatic carbocycles. The molecular weight excluding hydrogens is 162 g/mol. The molecule has 0 spiro atoms. The second-order valence-corrected chi connectivity index (χ2v) is 2.91. The van der Waals surface area contributed by atoms with Gasteiger partial charge in [-0.15, -0.1) is 0 Å². The van der Waals surface area contributed by atoms with E-state index in [-0.39, 0.29) is 0 Å². The van der Waals surface area contributed by atoms with Crippen molar-refractivity contribution in [3.05, 3.63) is 35.4 Å². The van der Waals surface area contributed by atoms with Gasteiger partial charge < -0.3 is 11.6 Å². The maximum atomic E-state index is 5.42. The fraction of sp³-hybridized carbons (Fsp3) is 0.300. The molecule has 0 amide bonds. The molecule has 4 N–H and O–H groups in total. The summed E-state index contributed by atoms with van der Waals surface area (Å²) in [4.78, 5) is 0. The van der Waals surface area contributed by atoms with Gasteiger partial charge in [-0.25, -0.2) is 0 Å². The topological polar surface area (TPSA) is 64.4 Å². The summed E-state index contributed by atoms with van der Waals surface area (Å²) in [5, 5.41) is 3.45. The SMILES string of the molecule is NCCCc1ccc(/C=N/N)cc1. The molecule has 0 saturated heterocycles. The van der Waals surface area contributed by atoms with Gasteiger partial charge in [0.2, 0.25) is 0 Å². The highest BCUT2D eigenvalue weighted by Crippen LogP contribution is 2.04. The molecule has 0 aromatic heterocycles. The van der Waals surface area contributed by atoms with Crippen molar-refractivity contribution in [2.45, 2.75) is 12.8 Å². The van der Waals surface area contributed by atoms with Crippen LogP contribution in [0.4, 0.5) is 0 Å². The summed E-state index contributed by atoms with van der Waals surface area (Å²) in [6.07, 6.45) is 3.70. The Hall–Kier alpha value is -1.35. The standard InChI is InChI=1S/C10H15N3/c11-7-1-2-9-3-5-10(6-4-9)8-13-12/h3-6,8H,1-2,7,11-12H2/b13-8+. The maximum Gasteiger partial charge on any atom is 0.0538 e. The summed E-state index contributed by atoms with van der Waals surface area (Å²) in [6.45, 7) is 0.742. The molecule has 1 aromatic carbocycles. The monoisotopic (exact) mass is 177 g/mol. The van der Waals surface area contributed by atoms with Crippen molar-refractivity contribution in [2.24, 2.45) is 16.7 Å². The highest BCUT2D eigenvalue weighted by atomic mass is 15.1. The zero-order valence-corrected chi connectivity index (χ0v) is 7.61. The molecule has 0 bridgehead atoms. The van der Waals surface area contributed by atoms with Crippen LogP contribution in [0.1, 0.15) is 17.5 Å². The molecule has 70 valence electrons. The van der Waals surface area contributed by atoms with E-state index >= 15 is 0 Å². The van der Waals surface area contributed by atoms with Crippen molar-refractivity contribution in [2.75, 3.05) is 6.54 Å². The van der Waals surface area contributed by atoms with Crippen LogP contribution in [-0.2, 0) is 6.42 Å². The molecule has 1 rings (SSSR count). The third-order valence-electron chi connectivity index (χ3n) is 1.87. The van der Waals surface area contributed by atoms with Gasteiger partial charge in [0, 0.05) is 0 Å². The molecule has 0 saturated carbocycles. The minimum Gasteiger partial charge on any atom is -0.330 e. The van der Waals surface area contributed by atoms with Crippen molar-refractivity contribution in [1.29, 1.82) is 0 Å². The van der Waals surface area contributed by atoms with E-state index in [1.807, 2.05) is 12.1 Å². The molecule has 0 aliphatic rings. The molecule has 0 atom stereocenters. The highest BCUT2D eigenvalue weighted by molar-refractivity contribution is 5.79. The Balaban J connectivity index is 2.58. The minimum absolute atomic E-state index is 0.742. The molecule has 13 heavy (non-hydrogen) atoms. The lowest BCUT2D eigenvalue weighted by atomic mass is 10.1. The van der Waals surface area contributed by atoms with Gasteiger partial charge in [0.25, 0.3) is 0 Å². The summed E-state index contributed by atoms with van der Waals surface area (Å²) >= 11 is 0. The largest absolute Gasteiger partial charge is 0.330 e. The van der Waals surface area contributed by atoms with E-state index in [0.29, 0.717) is 0 Å². The molecule has 3 nitrogen and oxygen atoms in total. The van der Waals surface area contributed by atoms with Gasteiger partial charge in [-0.3, -0.25) is 0 Å². The van der Waals surface area contributed by atoms with E-state index in [0.717, 1.165) is 24.9 Å². The average Bonchev–Trinajstić information content (AvgIpc) is 2.17. The molecule has 0 aliphatic heterocycles. The van der Waals surface area contributed by atoms with Crippen LogP contribution < -0.4 is 11.6 Å². The first-order valence-corrected chi connectivity index (χ1v) is 4.39. The van der Waals surface area contributed by atoms with Gasteiger partial charge in [0.1, 0.15) is 0 Å². The molecule has 0 heterocycles. The van der Waals surface area contributed by atoms with Crippen LogP contribution in [0.5, 0.6) is 0 Å². The zero-order valence-electron chi connectivity index (χ0n) is 7.61. The molecular formula is C10H15N3. The van der Waals surface area contributed by atoms with Gasteiger partial charge in [-0.1, -0.05) is 24.3 Å². The van der Waals surface area contributed by atoms with Crippen molar-refractivity contribution in [1.82, 2.24) is 0 Å². The van der Waals surface area contributed by atoms with Crippen molar-refractivity contribution < 1.29 is 0 Å². The number of aryl methyl sites for hydroxylation is 1. The number of hydrogen-bond donors (Lipinski definition) is 2. The van der Waals surface area contributed by atoms with E-state index in [2.05, 4.69) is 17.2 Å². The van der Waals surface area contributed by atoms with Gasteiger partial charge in [0.05, 0.1) is 6.21 Å². The summed E-state index contributed by atoms with van der Waals surface area (Å²) in [5.41, 5.74) is 7.75. The number of rotatable bonds is 4. The first kappa shape index (κ1) is 9.74. The third-order valence-corrected chi connectivity index (χ3v) is 1.87. The highest BCUT2D eigenvalue weighted by Gasteiger charge is 1.92. The van der Waals surface area contributed by atoms with Crippen LogP contribution in [0, 0.1) is 0 Å². The number of hydrazone groups is 1. The third kappa shape index (κ3) is 3.25. The lowest BCUT2D eigenvalue weighted by Gasteiger charge is -1.99. The van der Waals surface area contributed by atoms with E-state index in [1.165, 1.54) is 5.56 Å². The van der Waals surface area contributed by atoms with Gasteiger partial charge in [-0.2, -0.15) is 5.10 Å². The number of nitrogens with two attached hydrogens (primary N) is 2. The van der Waals surface area contributed by atoms with E-state index in [4.69, 9.17) is 11.6 Å². The summed E-state index contributed by atoms with van der Waals surface area (Å²) in [6, 6.07) is 8.16. The average molecular weight is 177 g/mol. The smallest absolute Gasteiger partial charge is 0.0538 e. The second kappa shape index (κ2) is 5.32. The van der Waals surface area contributed by atoms with Crippen molar-refractivity contribution >= 4 is 6.21 Å². The summed E-state index contributed by atoms with van der Waals surface area (Å²) < 4.78 is 0. The van der Waals surface area contributed by atoms with E-state index in [9.17, 15) is 0 Å². The Morgan fingerprint density at radius 1 is 1.23 bits per heavy atom. The first-order valence-electron chi connectivity index (χ1n) is 4.39. The molecule has 3 heteroatoms. The van der Waals surface area contributed by atoms with Crippen molar-refractivity contribution in [3.8, 4) is 0 Å². The number of hydrogen-bond acceptors (Lipinski definition) is 3. The Morgan fingerprint density at radius 2 is 1.92 bits per heavy atom. The van der Waals surface area contributed by atoms with Crippen LogP contribution in [0.25, 0.3) is 0 Å². The minimum atomic E-state index is 0.742. The number of nitrogens with zero attached hydrogens (tertiary/aromatic N) is 1. The van der Waals surface area contributed by atoms with Crippen LogP contribution >= 0.6 is 0 Å². The predicted molar refractivity (Wildman–Crippen MR) is 55.6 cm³/mol. The Morgan fingerprint density at radius 3 is 2.46 bits per heavy atom. The fourth-order valence-corrected chi connectivity index (χ4v) is 1.16. The van der Waals surface area contributed by atoms with Gasteiger partial charge in [-0.05, 0) is 30.5 Å². The van der Waals surface area contributed by atoms with E-state index < -0.39 is 0 Å². The Kier molecular flexibility index (Phi) is 3.99. The van der Waals surface area contributed by atoms with Crippen molar-refractivity contribution in [3.63, 3.8) is 0 Å². The van der Waals surface area contributed by atoms with Gasteiger partial charge >= 0.3 is 0 Å². The lowest BCUT2D eigenvalue weighted by Crippen LogP contribution is -2.00. The fourth-order valence-electron chi connectivity index (χ4n) is 1.16. The zero-order chi connectivity index (χ0) is 9.52. The molecule has 1 aromatic rings. The summed E-state index contributed by atoms with van der Waals surface area (Å²) in [5.74, 6) is 5.03. The number of benzene rings is 1. The van der Waals surface area contributed by atoms with Gasteiger partial charge in [0.15, 0.2) is 0 Å². The Bertz CT molecular complexity index is 264. The maximum absolute atomic E-state index is 5.42. The summed E-state index contributed by atoms with van der Waals surface area (Å²) in [7, 11) is 0. The normalized spacial score (nSPS) is 10.8. The van der Waals surface area contributed by atoms with Crippen LogP contribution in [-0.4, -0.2) is 12.8 Å². The molecule has 0 radical (unpaired) electrons. The second-order valence-electron chi connectivity index (χ2n) is 2.91. The lowest BCUT2D eigenvalue weighted by molar-refractivity contribution is 0.832. The molecule has 0 fully saturated rings. The van der Waals surface area contributed by atoms with Crippen LogP contribution in [0.15, 0.2) is 29.4 Å². The quantitative estimate of drug-likeness (QED) is 0.407. The Labute approximate surface area is 78.4 Å².